The summed E-state index contributed by atoms with van der Waals surface area (Å²) in [5.74, 6) is 2.22. The quantitative estimate of drug-likeness (QED) is 0.729. The highest BCUT2D eigenvalue weighted by atomic mass is 16.5. The van der Waals surface area contributed by atoms with Gasteiger partial charge in [-0.3, -0.25) is 0 Å². The molecule has 102 valence electrons. The molecule has 19 heavy (non-hydrogen) atoms. The summed E-state index contributed by atoms with van der Waals surface area (Å²) in [6, 6.07) is 0. The average molecular weight is 262 g/mol. The Labute approximate surface area is 111 Å². The summed E-state index contributed by atoms with van der Waals surface area (Å²) in [5, 5.41) is 19.0. The average Bonchev–Trinajstić information content (AvgIpc) is 3.05. The van der Waals surface area contributed by atoms with Crippen molar-refractivity contribution in [3.8, 4) is 0 Å². The van der Waals surface area contributed by atoms with Crippen LogP contribution < -0.4 is 0 Å². The summed E-state index contributed by atoms with van der Waals surface area (Å²) in [6.07, 6.45) is 4.03. The van der Waals surface area contributed by atoms with Gasteiger partial charge in [-0.15, -0.1) is 0 Å². The molecule has 0 aromatic carbocycles. The van der Waals surface area contributed by atoms with E-state index < -0.39 is 5.97 Å². The lowest BCUT2D eigenvalue weighted by Crippen LogP contribution is -2.33. The summed E-state index contributed by atoms with van der Waals surface area (Å²) in [5.41, 5.74) is 1.32. The standard InChI is InChI=1S/C15H18O4/c1-15-4-13-8(10(6-17)14(18)19-13)3-12(15)9(5-16)7-2-11(7)15/h4,7,9,11-12,16-17H,2-3,5-6H2,1H3/t7-,9-,11-,12+,15-/m1/s1. The number of hydrogen-bond donors (Lipinski definition) is 2. The monoisotopic (exact) mass is 262 g/mol. The van der Waals surface area contributed by atoms with E-state index in [1.54, 1.807) is 0 Å². The molecule has 3 aliphatic carbocycles. The molecular weight excluding hydrogens is 244 g/mol. The van der Waals surface area contributed by atoms with Crippen molar-refractivity contribution in [2.45, 2.75) is 19.8 Å². The third-order valence-electron chi connectivity index (χ3n) is 5.85. The van der Waals surface area contributed by atoms with Crippen molar-refractivity contribution in [1.82, 2.24) is 0 Å². The zero-order chi connectivity index (χ0) is 13.4. The van der Waals surface area contributed by atoms with E-state index in [0.29, 0.717) is 35.0 Å². The second-order valence-electron chi connectivity index (χ2n) is 6.54. The van der Waals surface area contributed by atoms with Crippen molar-refractivity contribution in [2.24, 2.45) is 29.1 Å². The molecule has 0 saturated heterocycles. The molecule has 4 nitrogen and oxygen atoms in total. The molecule has 4 rings (SSSR count). The Balaban J connectivity index is 1.81. The number of carbonyl (C=O) groups excluding carboxylic acids is 1. The van der Waals surface area contributed by atoms with E-state index >= 15 is 0 Å². The predicted molar refractivity (Wildman–Crippen MR) is 66.7 cm³/mol. The van der Waals surface area contributed by atoms with Gasteiger partial charge in [-0.25, -0.2) is 4.79 Å². The topological polar surface area (TPSA) is 66.8 Å². The van der Waals surface area contributed by atoms with Gasteiger partial charge >= 0.3 is 5.97 Å². The molecule has 2 N–H and O–H groups in total. The number of allylic oxidation sites excluding steroid dienone is 2. The number of aliphatic hydroxyl groups is 2. The minimum Gasteiger partial charge on any atom is -0.423 e. The van der Waals surface area contributed by atoms with Gasteiger partial charge in [0.1, 0.15) is 5.76 Å². The SMILES string of the molecule is C[C@]12C=C3OC(=O)C(CO)=C3C[C@H]1[C@H](CO)[C@H]1C[C@H]12. The van der Waals surface area contributed by atoms with Crippen LogP contribution in [0.1, 0.15) is 19.8 Å². The summed E-state index contributed by atoms with van der Waals surface area (Å²) in [7, 11) is 0. The van der Waals surface area contributed by atoms with Crippen LogP contribution in [0.15, 0.2) is 23.0 Å². The summed E-state index contributed by atoms with van der Waals surface area (Å²) in [4.78, 5) is 11.7. The first-order valence-corrected chi connectivity index (χ1v) is 6.99. The first kappa shape index (κ1) is 11.7. The second-order valence-corrected chi connectivity index (χ2v) is 6.54. The Morgan fingerprint density at radius 2 is 2.21 bits per heavy atom. The summed E-state index contributed by atoms with van der Waals surface area (Å²) >= 11 is 0. The molecule has 0 radical (unpaired) electrons. The van der Waals surface area contributed by atoms with E-state index in [9.17, 15) is 15.0 Å². The molecule has 0 unspecified atom stereocenters. The molecular formula is C15H18O4. The molecule has 2 saturated carbocycles. The lowest BCUT2D eigenvalue weighted by atomic mass is 9.66. The summed E-state index contributed by atoms with van der Waals surface area (Å²) in [6.45, 7) is 2.19. The lowest BCUT2D eigenvalue weighted by Gasteiger charge is -2.38. The number of fused-ring (bicyclic) bond motifs is 4. The minimum absolute atomic E-state index is 0.0437. The van der Waals surface area contributed by atoms with Crippen molar-refractivity contribution in [1.29, 1.82) is 0 Å². The van der Waals surface area contributed by atoms with Gasteiger partial charge in [-0.1, -0.05) is 6.92 Å². The Kier molecular flexibility index (Phi) is 2.15. The number of rotatable bonds is 2. The van der Waals surface area contributed by atoms with Crippen LogP contribution in [0.3, 0.4) is 0 Å². The van der Waals surface area contributed by atoms with E-state index in [-0.39, 0.29) is 18.6 Å². The Morgan fingerprint density at radius 3 is 2.89 bits per heavy atom. The van der Waals surface area contributed by atoms with E-state index in [2.05, 4.69) is 13.0 Å². The van der Waals surface area contributed by atoms with Crippen LogP contribution in [-0.2, 0) is 9.53 Å². The van der Waals surface area contributed by atoms with Crippen LogP contribution in [0.5, 0.6) is 0 Å². The van der Waals surface area contributed by atoms with Crippen LogP contribution in [0.4, 0.5) is 0 Å². The third-order valence-corrected chi connectivity index (χ3v) is 5.85. The molecule has 0 aromatic rings. The van der Waals surface area contributed by atoms with Gasteiger partial charge < -0.3 is 14.9 Å². The van der Waals surface area contributed by atoms with E-state index in [1.165, 1.54) is 6.42 Å². The van der Waals surface area contributed by atoms with Crippen molar-refractivity contribution < 1.29 is 19.7 Å². The molecule has 0 aromatic heterocycles. The lowest BCUT2D eigenvalue weighted by molar-refractivity contribution is -0.133. The van der Waals surface area contributed by atoms with E-state index in [1.807, 2.05) is 0 Å². The van der Waals surface area contributed by atoms with Gasteiger partial charge in [-0.05, 0) is 48.0 Å². The van der Waals surface area contributed by atoms with Crippen molar-refractivity contribution in [3.63, 3.8) is 0 Å². The first-order chi connectivity index (χ1) is 9.10. The number of ether oxygens (including phenoxy) is 1. The number of aliphatic hydroxyl groups excluding tert-OH is 2. The molecule has 1 heterocycles. The van der Waals surface area contributed by atoms with Gasteiger partial charge in [0, 0.05) is 12.2 Å². The highest BCUT2D eigenvalue weighted by Gasteiger charge is 2.66. The van der Waals surface area contributed by atoms with Gasteiger partial charge in [0.25, 0.3) is 0 Å². The van der Waals surface area contributed by atoms with Crippen LogP contribution in [-0.4, -0.2) is 29.4 Å². The minimum atomic E-state index is -0.403. The maximum Gasteiger partial charge on any atom is 0.342 e. The molecule has 4 aliphatic rings. The Bertz CT molecular complexity index is 532. The van der Waals surface area contributed by atoms with Gasteiger partial charge in [0.2, 0.25) is 0 Å². The Morgan fingerprint density at radius 1 is 1.42 bits per heavy atom. The smallest absolute Gasteiger partial charge is 0.342 e. The van der Waals surface area contributed by atoms with Gasteiger partial charge in [0.15, 0.2) is 0 Å². The van der Waals surface area contributed by atoms with Crippen LogP contribution >= 0.6 is 0 Å². The molecule has 0 spiro atoms. The maximum absolute atomic E-state index is 11.7. The van der Waals surface area contributed by atoms with Crippen molar-refractivity contribution >= 4 is 5.97 Å². The second kappa shape index (κ2) is 3.49. The fourth-order valence-corrected chi connectivity index (χ4v) is 4.78. The fourth-order valence-electron chi connectivity index (χ4n) is 4.78. The van der Waals surface area contributed by atoms with Crippen LogP contribution in [0.2, 0.25) is 0 Å². The molecule has 5 atom stereocenters. The van der Waals surface area contributed by atoms with Crippen molar-refractivity contribution in [3.05, 3.63) is 23.0 Å². The van der Waals surface area contributed by atoms with E-state index in [0.717, 1.165) is 12.0 Å². The molecule has 0 amide bonds. The zero-order valence-electron chi connectivity index (χ0n) is 10.9. The molecule has 4 heteroatoms. The largest absolute Gasteiger partial charge is 0.423 e. The summed E-state index contributed by atoms with van der Waals surface area (Å²) < 4.78 is 5.30. The van der Waals surface area contributed by atoms with Gasteiger partial charge in [-0.2, -0.15) is 0 Å². The van der Waals surface area contributed by atoms with Gasteiger partial charge in [0.05, 0.1) is 12.2 Å². The number of hydrogen-bond acceptors (Lipinski definition) is 4. The Hall–Kier alpha value is -1.13. The van der Waals surface area contributed by atoms with E-state index in [4.69, 9.17) is 4.74 Å². The fraction of sp³-hybridized carbons (Fsp3) is 0.667. The molecule has 0 bridgehead atoms. The normalized spacial score (nSPS) is 46.5. The third kappa shape index (κ3) is 1.29. The molecule has 1 aliphatic heterocycles. The number of carbonyl (C=O) groups is 1. The first-order valence-electron chi connectivity index (χ1n) is 6.99. The van der Waals surface area contributed by atoms with Crippen LogP contribution in [0.25, 0.3) is 0 Å². The van der Waals surface area contributed by atoms with Crippen LogP contribution in [0, 0.1) is 29.1 Å². The maximum atomic E-state index is 11.7. The predicted octanol–water partition coefficient (Wildman–Crippen LogP) is 1.00. The number of esters is 1. The van der Waals surface area contributed by atoms with Crippen molar-refractivity contribution in [2.75, 3.05) is 13.2 Å². The molecule has 2 fully saturated rings. The highest BCUT2D eigenvalue weighted by Crippen LogP contribution is 2.71. The highest BCUT2D eigenvalue weighted by molar-refractivity contribution is 5.95. The zero-order valence-corrected chi connectivity index (χ0v) is 10.9.